The van der Waals surface area contributed by atoms with Gasteiger partial charge in [0.2, 0.25) is 0 Å². The summed E-state index contributed by atoms with van der Waals surface area (Å²) in [7, 11) is 0. The minimum atomic E-state index is -0.375. The van der Waals surface area contributed by atoms with Gasteiger partial charge in [-0.2, -0.15) is 0 Å². The molecule has 94 valence electrons. The normalized spacial score (nSPS) is 21.8. The van der Waals surface area contributed by atoms with E-state index in [0.29, 0.717) is 6.42 Å². The van der Waals surface area contributed by atoms with E-state index < -0.39 is 0 Å². The summed E-state index contributed by atoms with van der Waals surface area (Å²) in [5.41, 5.74) is -0.375. The maximum Gasteiger partial charge on any atom is 0.306 e. The second-order valence-corrected chi connectivity index (χ2v) is 5.18. The van der Waals surface area contributed by atoms with E-state index in [1.54, 1.807) is 0 Å². The molecular weight excluding hydrogens is 206 g/mol. The van der Waals surface area contributed by atoms with Gasteiger partial charge in [0.15, 0.2) is 0 Å². The third kappa shape index (κ3) is 6.08. The quantitative estimate of drug-likeness (QED) is 0.742. The molecule has 1 unspecified atom stereocenters. The summed E-state index contributed by atoms with van der Waals surface area (Å²) in [6.45, 7) is 8.27. The second kappa shape index (κ2) is 6.21. The SMILES string of the molecule is CC(C)(C)OC(=O)CCCC1CNCCO1. The monoisotopic (exact) mass is 229 g/mol. The van der Waals surface area contributed by atoms with E-state index >= 15 is 0 Å². The Morgan fingerprint density at radius 3 is 2.81 bits per heavy atom. The lowest BCUT2D eigenvalue weighted by Crippen LogP contribution is -2.38. The van der Waals surface area contributed by atoms with E-state index in [1.807, 2.05) is 20.8 Å². The van der Waals surface area contributed by atoms with Crippen LogP contribution in [0.5, 0.6) is 0 Å². The van der Waals surface area contributed by atoms with Crippen LogP contribution in [0.3, 0.4) is 0 Å². The topological polar surface area (TPSA) is 47.6 Å². The average Bonchev–Trinajstić information content (AvgIpc) is 2.16. The van der Waals surface area contributed by atoms with Crippen molar-refractivity contribution < 1.29 is 14.3 Å². The minimum absolute atomic E-state index is 0.115. The molecule has 0 spiro atoms. The zero-order valence-electron chi connectivity index (χ0n) is 10.5. The molecule has 4 nitrogen and oxygen atoms in total. The molecule has 1 fully saturated rings. The van der Waals surface area contributed by atoms with E-state index in [1.165, 1.54) is 0 Å². The van der Waals surface area contributed by atoms with E-state index in [-0.39, 0.29) is 17.7 Å². The molecule has 1 rings (SSSR count). The van der Waals surface area contributed by atoms with Crippen LogP contribution < -0.4 is 5.32 Å². The van der Waals surface area contributed by atoms with Gasteiger partial charge in [0.1, 0.15) is 5.60 Å². The average molecular weight is 229 g/mol. The van der Waals surface area contributed by atoms with Crippen molar-refractivity contribution in [2.75, 3.05) is 19.7 Å². The molecule has 4 heteroatoms. The Balaban J connectivity index is 2.08. The first-order valence-corrected chi connectivity index (χ1v) is 6.01. The van der Waals surface area contributed by atoms with Crippen LogP contribution in [0.25, 0.3) is 0 Å². The lowest BCUT2D eigenvalue weighted by molar-refractivity contribution is -0.155. The lowest BCUT2D eigenvalue weighted by Gasteiger charge is -2.24. The van der Waals surface area contributed by atoms with Crippen molar-refractivity contribution in [1.29, 1.82) is 0 Å². The molecule has 1 aliphatic rings. The van der Waals surface area contributed by atoms with Crippen LogP contribution in [-0.4, -0.2) is 37.4 Å². The number of rotatable bonds is 4. The van der Waals surface area contributed by atoms with Crippen molar-refractivity contribution in [3.8, 4) is 0 Å². The zero-order valence-corrected chi connectivity index (χ0v) is 10.5. The number of hydrogen-bond acceptors (Lipinski definition) is 4. The van der Waals surface area contributed by atoms with Gasteiger partial charge in [-0.05, 0) is 33.6 Å². The fourth-order valence-corrected chi connectivity index (χ4v) is 1.67. The first kappa shape index (κ1) is 13.5. The van der Waals surface area contributed by atoms with Crippen LogP contribution in [0.2, 0.25) is 0 Å². The van der Waals surface area contributed by atoms with Gasteiger partial charge < -0.3 is 14.8 Å². The van der Waals surface area contributed by atoms with Crippen molar-refractivity contribution in [3.63, 3.8) is 0 Å². The Morgan fingerprint density at radius 1 is 1.50 bits per heavy atom. The number of ether oxygens (including phenoxy) is 2. The first-order valence-electron chi connectivity index (χ1n) is 6.01. The molecule has 0 amide bonds. The van der Waals surface area contributed by atoms with Crippen molar-refractivity contribution >= 4 is 5.97 Å². The molecule has 0 aliphatic carbocycles. The van der Waals surface area contributed by atoms with Crippen LogP contribution in [0.1, 0.15) is 40.0 Å². The number of carbonyl (C=O) groups is 1. The molecule has 0 aromatic carbocycles. The van der Waals surface area contributed by atoms with Gasteiger partial charge in [-0.25, -0.2) is 0 Å². The van der Waals surface area contributed by atoms with Gasteiger partial charge in [0, 0.05) is 19.5 Å². The van der Waals surface area contributed by atoms with Crippen molar-refractivity contribution in [3.05, 3.63) is 0 Å². The van der Waals surface area contributed by atoms with Crippen LogP contribution >= 0.6 is 0 Å². The van der Waals surface area contributed by atoms with E-state index in [0.717, 1.165) is 32.5 Å². The van der Waals surface area contributed by atoms with Crippen LogP contribution in [0.4, 0.5) is 0 Å². The van der Waals surface area contributed by atoms with Gasteiger partial charge in [0.25, 0.3) is 0 Å². The van der Waals surface area contributed by atoms with Gasteiger partial charge in [0.05, 0.1) is 12.7 Å². The minimum Gasteiger partial charge on any atom is -0.460 e. The number of nitrogens with one attached hydrogen (secondary N) is 1. The largest absolute Gasteiger partial charge is 0.460 e. The summed E-state index contributed by atoms with van der Waals surface area (Å²) in [5.74, 6) is -0.115. The van der Waals surface area contributed by atoms with E-state index in [9.17, 15) is 4.79 Å². The predicted molar refractivity (Wildman–Crippen MR) is 62.3 cm³/mol. The summed E-state index contributed by atoms with van der Waals surface area (Å²) >= 11 is 0. The maximum atomic E-state index is 11.4. The summed E-state index contributed by atoms with van der Waals surface area (Å²) in [4.78, 5) is 11.4. The van der Waals surface area contributed by atoms with E-state index in [4.69, 9.17) is 9.47 Å². The Hall–Kier alpha value is -0.610. The summed E-state index contributed by atoms with van der Waals surface area (Å²) in [5, 5.41) is 3.27. The highest BCUT2D eigenvalue weighted by Crippen LogP contribution is 2.12. The van der Waals surface area contributed by atoms with Crippen LogP contribution in [0, 0.1) is 0 Å². The first-order chi connectivity index (χ1) is 7.47. The third-order valence-corrected chi connectivity index (χ3v) is 2.33. The Morgan fingerprint density at radius 2 is 2.25 bits per heavy atom. The standard InChI is InChI=1S/C12H23NO3/c1-12(2,3)16-11(14)6-4-5-10-9-13-7-8-15-10/h10,13H,4-9H2,1-3H3. The highest BCUT2D eigenvalue weighted by molar-refractivity contribution is 5.69. The Bertz CT molecular complexity index is 217. The third-order valence-electron chi connectivity index (χ3n) is 2.33. The molecule has 1 N–H and O–H groups in total. The van der Waals surface area contributed by atoms with Gasteiger partial charge in [-0.15, -0.1) is 0 Å². The Labute approximate surface area is 97.7 Å². The van der Waals surface area contributed by atoms with Crippen LogP contribution in [0.15, 0.2) is 0 Å². The van der Waals surface area contributed by atoms with E-state index in [2.05, 4.69) is 5.32 Å². The zero-order chi connectivity index (χ0) is 12.0. The van der Waals surface area contributed by atoms with Crippen LogP contribution in [-0.2, 0) is 14.3 Å². The van der Waals surface area contributed by atoms with Crippen molar-refractivity contribution in [2.24, 2.45) is 0 Å². The smallest absolute Gasteiger partial charge is 0.306 e. The van der Waals surface area contributed by atoms with Crippen molar-refractivity contribution in [1.82, 2.24) is 5.32 Å². The fourth-order valence-electron chi connectivity index (χ4n) is 1.67. The summed E-state index contributed by atoms with van der Waals surface area (Å²) in [6, 6.07) is 0. The molecular formula is C12H23NO3. The molecule has 0 saturated carbocycles. The maximum absolute atomic E-state index is 11.4. The Kier molecular flexibility index (Phi) is 5.22. The van der Waals surface area contributed by atoms with Crippen molar-refractivity contribution in [2.45, 2.75) is 51.7 Å². The molecule has 0 aromatic heterocycles. The number of esters is 1. The lowest BCUT2D eigenvalue weighted by atomic mass is 10.1. The summed E-state index contributed by atoms with van der Waals surface area (Å²) < 4.78 is 10.8. The highest BCUT2D eigenvalue weighted by atomic mass is 16.6. The molecule has 1 atom stereocenters. The van der Waals surface area contributed by atoms with Gasteiger partial charge in [-0.1, -0.05) is 0 Å². The molecule has 1 saturated heterocycles. The predicted octanol–water partition coefficient (Wildman–Crippen LogP) is 1.49. The van der Waals surface area contributed by atoms with Gasteiger partial charge >= 0.3 is 5.97 Å². The van der Waals surface area contributed by atoms with Gasteiger partial charge in [-0.3, -0.25) is 4.79 Å². The number of morpholine rings is 1. The number of carbonyl (C=O) groups excluding carboxylic acids is 1. The molecule has 0 aromatic rings. The molecule has 0 bridgehead atoms. The second-order valence-electron chi connectivity index (χ2n) is 5.18. The summed E-state index contributed by atoms with van der Waals surface area (Å²) in [6.07, 6.45) is 2.50. The molecule has 16 heavy (non-hydrogen) atoms. The highest BCUT2D eigenvalue weighted by Gasteiger charge is 2.17. The molecule has 1 aliphatic heterocycles. The molecule has 1 heterocycles. The number of hydrogen-bond donors (Lipinski definition) is 1. The fraction of sp³-hybridized carbons (Fsp3) is 0.917. The molecule has 0 radical (unpaired) electrons.